The highest BCUT2D eigenvalue weighted by Crippen LogP contribution is 2.32. The standard InChI is InChI=1S/C10H19NO3S/c1-8-4-5-11(6-10(8)12)15(13,14)7-9-2-3-9/h8-10,12H,2-7H2,1H3. The van der Waals surface area contributed by atoms with Gasteiger partial charge in [-0.25, -0.2) is 8.42 Å². The number of piperidine rings is 1. The molecule has 2 aliphatic rings. The second kappa shape index (κ2) is 4.03. The molecular formula is C10H19NO3S. The highest BCUT2D eigenvalue weighted by atomic mass is 32.2. The summed E-state index contributed by atoms with van der Waals surface area (Å²) in [5.74, 6) is 0.887. The minimum atomic E-state index is -3.10. The Bertz CT molecular complexity index is 324. The van der Waals surface area contributed by atoms with Crippen LogP contribution in [-0.2, 0) is 10.0 Å². The molecule has 0 bridgehead atoms. The number of hydrogen-bond donors (Lipinski definition) is 1. The molecule has 1 heterocycles. The zero-order valence-corrected chi connectivity index (χ0v) is 9.91. The van der Waals surface area contributed by atoms with Crippen LogP contribution in [0.4, 0.5) is 0 Å². The fourth-order valence-corrected chi connectivity index (χ4v) is 3.86. The molecule has 1 saturated carbocycles. The summed E-state index contributed by atoms with van der Waals surface area (Å²) in [6, 6.07) is 0. The molecule has 88 valence electrons. The van der Waals surface area contributed by atoms with E-state index in [0.29, 0.717) is 12.5 Å². The van der Waals surface area contributed by atoms with E-state index in [-0.39, 0.29) is 18.2 Å². The Morgan fingerprint density at radius 2 is 2.00 bits per heavy atom. The molecule has 4 nitrogen and oxygen atoms in total. The molecule has 0 aromatic carbocycles. The predicted molar refractivity (Wildman–Crippen MR) is 57.9 cm³/mol. The summed E-state index contributed by atoms with van der Waals surface area (Å²) >= 11 is 0. The highest BCUT2D eigenvalue weighted by Gasteiger charge is 2.35. The number of aliphatic hydroxyl groups excluding tert-OH is 1. The van der Waals surface area contributed by atoms with E-state index >= 15 is 0 Å². The van der Waals surface area contributed by atoms with Crippen molar-refractivity contribution in [2.45, 2.75) is 32.3 Å². The third-order valence-corrected chi connectivity index (χ3v) is 5.43. The maximum absolute atomic E-state index is 11.9. The third kappa shape index (κ3) is 2.71. The van der Waals surface area contributed by atoms with E-state index in [0.717, 1.165) is 19.3 Å². The van der Waals surface area contributed by atoms with Crippen molar-refractivity contribution in [3.8, 4) is 0 Å². The second-order valence-corrected chi connectivity index (χ2v) is 6.93. The molecule has 2 rings (SSSR count). The summed E-state index contributed by atoms with van der Waals surface area (Å²) in [7, 11) is -3.10. The van der Waals surface area contributed by atoms with Gasteiger partial charge in [-0.05, 0) is 31.1 Å². The Kier molecular flexibility index (Phi) is 3.05. The van der Waals surface area contributed by atoms with Crippen molar-refractivity contribution in [2.75, 3.05) is 18.8 Å². The third-order valence-electron chi connectivity index (χ3n) is 3.42. The monoisotopic (exact) mass is 233 g/mol. The van der Waals surface area contributed by atoms with Crippen molar-refractivity contribution in [2.24, 2.45) is 11.8 Å². The van der Waals surface area contributed by atoms with E-state index in [4.69, 9.17) is 0 Å². The number of rotatable bonds is 3. The predicted octanol–water partition coefficient (Wildman–Crippen LogP) is 0.429. The van der Waals surface area contributed by atoms with Crippen LogP contribution in [-0.4, -0.2) is 42.8 Å². The molecule has 1 saturated heterocycles. The molecule has 0 radical (unpaired) electrons. The van der Waals surface area contributed by atoms with E-state index in [1.807, 2.05) is 6.92 Å². The summed E-state index contributed by atoms with van der Waals surface area (Å²) in [4.78, 5) is 0. The van der Waals surface area contributed by atoms with Crippen LogP contribution in [0.3, 0.4) is 0 Å². The second-order valence-electron chi connectivity index (χ2n) is 4.91. The van der Waals surface area contributed by atoms with Crippen LogP contribution in [0.25, 0.3) is 0 Å². The molecular weight excluding hydrogens is 214 g/mol. The summed E-state index contributed by atoms with van der Waals surface area (Å²) in [5, 5.41) is 9.66. The van der Waals surface area contributed by atoms with Gasteiger partial charge in [0.05, 0.1) is 11.9 Å². The van der Waals surface area contributed by atoms with Gasteiger partial charge in [-0.2, -0.15) is 4.31 Å². The van der Waals surface area contributed by atoms with Crippen LogP contribution >= 0.6 is 0 Å². The van der Waals surface area contributed by atoms with Crippen LogP contribution in [0.1, 0.15) is 26.2 Å². The minimum absolute atomic E-state index is 0.220. The van der Waals surface area contributed by atoms with Gasteiger partial charge in [0.15, 0.2) is 0 Å². The highest BCUT2D eigenvalue weighted by molar-refractivity contribution is 7.89. The van der Waals surface area contributed by atoms with Gasteiger partial charge in [-0.3, -0.25) is 0 Å². The van der Waals surface area contributed by atoms with Gasteiger partial charge < -0.3 is 5.11 Å². The number of nitrogens with zero attached hydrogens (tertiary/aromatic N) is 1. The van der Waals surface area contributed by atoms with E-state index < -0.39 is 16.1 Å². The summed E-state index contributed by atoms with van der Waals surface area (Å²) < 4.78 is 25.3. The SMILES string of the molecule is CC1CCN(S(=O)(=O)CC2CC2)CC1O. The van der Waals surface area contributed by atoms with E-state index in [1.165, 1.54) is 4.31 Å². The molecule has 0 aromatic heterocycles. The van der Waals surface area contributed by atoms with Crippen LogP contribution in [0, 0.1) is 11.8 Å². The molecule has 2 unspecified atom stereocenters. The van der Waals surface area contributed by atoms with Gasteiger partial charge in [-0.1, -0.05) is 6.92 Å². The molecule has 0 amide bonds. The molecule has 1 aliphatic carbocycles. The topological polar surface area (TPSA) is 57.6 Å². The van der Waals surface area contributed by atoms with Gasteiger partial charge in [-0.15, -0.1) is 0 Å². The Hall–Kier alpha value is -0.130. The maximum Gasteiger partial charge on any atom is 0.214 e. The van der Waals surface area contributed by atoms with Gasteiger partial charge in [0.1, 0.15) is 0 Å². The van der Waals surface area contributed by atoms with E-state index in [1.54, 1.807) is 0 Å². The average molecular weight is 233 g/mol. The summed E-state index contributed by atoms with van der Waals surface area (Å²) in [5.41, 5.74) is 0. The number of sulfonamides is 1. The van der Waals surface area contributed by atoms with Crippen molar-refractivity contribution in [3.63, 3.8) is 0 Å². The molecule has 2 fully saturated rings. The molecule has 2 atom stereocenters. The first kappa shape index (κ1) is 11.4. The fraction of sp³-hybridized carbons (Fsp3) is 1.00. The normalized spacial score (nSPS) is 34.3. The van der Waals surface area contributed by atoms with Crippen molar-refractivity contribution in [1.82, 2.24) is 4.31 Å². The van der Waals surface area contributed by atoms with Crippen LogP contribution in [0.5, 0.6) is 0 Å². The number of aliphatic hydroxyl groups is 1. The van der Waals surface area contributed by atoms with Gasteiger partial charge in [0, 0.05) is 13.1 Å². The Morgan fingerprint density at radius 1 is 1.33 bits per heavy atom. The lowest BCUT2D eigenvalue weighted by Gasteiger charge is -2.33. The lowest BCUT2D eigenvalue weighted by Crippen LogP contribution is -2.46. The van der Waals surface area contributed by atoms with E-state index in [2.05, 4.69) is 0 Å². The number of β-amino-alcohol motifs (C(OH)–C–C–N with tert-alkyl or cyclic N) is 1. The van der Waals surface area contributed by atoms with Crippen LogP contribution in [0.2, 0.25) is 0 Å². The number of hydrogen-bond acceptors (Lipinski definition) is 3. The van der Waals surface area contributed by atoms with Gasteiger partial charge in [0.25, 0.3) is 0 Å². The Labute approximate surface area is 91.3 Å². The minimum Gasteiger partial charge on any atom is -0.391 e. The van der Waals surface area contributed by atoms with Gasteiger partial charge in [0.2, 0.25) is 10.0 Å². The largest absolute Gasteiger partial charge is 0.391 e. The molecule has 1 N–H and O–H groups in total. The Balaban J connectivity index is 1.97. The molecule has 15 heavy (non-hydrogen) atoms. The van der Waals surface area contributed by atoms with Gasteiger partial charge >= 0.3 is 0 Å². The van der Waals surface area contributed by atoms with Crippen molar-refractivity contribution >= 4 is 10.0 Å². The summed E-state index contributed by atoms with van der Waals surface area (Å²) in [6.07, 6.45) is 2.37. The molecule has 0 aromatic rings. The first-order chi connectivity index (χ1) is 6.99. The maximum atomic E-state index is 11.9. The first-order valence-corrected chi connectivity index (χ1v) is 7.26. The lowest BCUT2D eigenvalue weighted by molar-refractivity contribution is 0.0605. The van der Waals surface area contributed by atoms with Crippen LogP contribution < -0.4 is 0 Å². The first-order valence-electron chi connectivity index (χ1n) is 5.65. The fourth-order valence-electron chi connectivity index (χ4n) is 1.96. The quantitative estimate of drug-likeness (QED) is 0.769. The molecule has 1 aliphatic heterocycles. The Morgan fingerprint density at radius 3 is 2.53 bits per heavy atom. The van der Waals surface area contributed by atoms with Crippen molar-refractivity contribution in [1.29, 1.82) is 0 Å². The molecule has 5 heteroatoms. The van der Waals surface area contributed by atoms with Crippen molar-refractivity contribution < 1.29 is 13.5 Å². The zero-order chi connectivity index (χ0) is 11.1. The summed E-state index contributed by atoms with van der Waals surface area (Å²) in [6.45, 7) is 2.83. The average Bonchev–Trinajstić information content (AvgIpc) is 2.92. The van der Waals surface area contributed by atoms with Crippen molar-refractivity contribution in [3.05, 3.63) is 0 Å². The van der Waals surface area contributed by atoms with Crippen LogP contribution in [0.15, 0.2) is 0 Å². The molecule has 0 spiro atoms. The van der Waals surface area contributed by atoms with E-state index in [9.17, 15) is 13.5 Å². The smallest absolute Gasteiger partial charge is 0.214 e. The zero-order valence-electron chi connectivity index (χ0n) is 9.09. The lowest BCUT2D eigenvalue weighted by atomic mass is 9.98.